The fourth-order valence-electron chi connectivity index (χ4n) is 3.55. The van der Waals surface area contributed by atoms with Crippen LogP contribution >= 0.6 is 0 Å². The molecule has 1 amide bonds. The van der Waals surface area contributed by atoms with Crippen molar-refractivity contribution in [2.75, 3.05) is 7.05 Å². The van der Waals surface area contributed by atoms with Crippen LogP contribution in [-0.4, -0.2) is 22.8 Å². The van der Waals surface area contributed by atoms with Gasteiger partial charge in [0.1, 0.15) is 0 Å². The highest BCUT2D eigenvalue weighted by molar-refractivity contribution is 5.94. The van der Waals surface area contributed by atoms with Gasteiger partial charge in [0.2, 0.25) is 0 Å². The molecule has 0 bridgehead atoms. The van der Waals surface area contributed by atoms with Crippen molar-refractivity contribution < 1.29 is 4.79 Å². The molecule has 1 aromatic heterocycles. The van der Waals surface area contributed by atoms with Crippen LogP contribution in [0.2, 0.25) is 0 Å². The van der Waals surface area contributed by atoms with Crippen molar-refractivity contribution in [2.45, 2.75) is 26.1 Å². The van der Waals surface area contributed by atoms with Gasteiger partial charge in [0, 0.05) is 38.1 Å². The molecule has 1 aliphatic heterocycles. The summed E-state index contributed by atoms with van der Waals surface area (Å²) < 4.78 is 0. The molecule has 1 aliphatic rings. The minimum atomic E-state index is -0.0225. The van der Waals surface area contributed by atoms with E-state index in [4.69, 9.17) is 0 Å². The second kappa shape index (κ2) is 7.33. The number of nitrogens with one attached hydrogen (secondary N) is 1. The van der Waals surface area contributed by atoms with E-state index in [1.54, 1.807) is 12.4 Å². The van der Waals surface area contributed by atoms with Crippen LogP contribution in [0.1, 0.15) is 40.0 Å². The van der Waals surface area contributed by atoms with Gasteiger partial charge in [-0.25, -0.2) is 0 Å². The highest BCUT2D eigenvalue weighted by atomic mass is 16.2. The van der Waals surface area contributed by atoms with E-state index in [-0.39, 0.29) is 11.9 Å². The molecule has 4 heteroatoms. The van der Waals surface area contributed by atoms with E-state index in [0.717, 1.165) is 35.3 Å². The van der Waals surface area contributed by atoms with Gasteiger partial charge in [-0.2, -0.15) is 0 Å². The Kier molecular flexibility index (Phi) is 4.73. The number of pyridine rings is 1. The molecule has 2 heterocycles. The molecule has 27 heavy (non-hydrogen) atoms. The quantitative estimate of drug-likeness (QED) is 0.762. The molecule has 1 unspecified atom stereocenters. The number of benzene rings is 2. The molecule has 0 spiro atoms. The van der Waals surface area contributed by atoms with Gasteiger partial charge in [-0.3, -0.25) is 9.78 Å². The summed E-state index contributed by atoms with van der Waals surface area (Å²) in [5.74, 6) is 0.0477. The molecule has 0 saturated carbocycles. The number of hydrogen-bond donors (Lipinski definition) is 1. The third-order valence-electron chi connectivity index (χ3n) is 5.37. The predicted molar refractivity (Wildman–Crippen MR) is 107 cm³/mol. The normalized spacial score (nSPS) is 13.9. The molecule has 1 N–H and O–H groups in total. The van der Waals surface area contributed by atoms with E-state index in [9.17, 15) is 4.79 Å². The van der Waals surface area contributed by atoms with Gasteiger partial charge >= 0.3 is 0 Å². The Morgan fingerprint density at radius 1 is 1.00 bits per heavy atom. The summed E-state index contributed by atoms with van der Waals surface area (Å²) in [5, 5.41) is 3.32. The summed E-state index contributed by atoms with van der Waals surface area (Å²) >= 11 is 0. The molecule has 0 radical (unpaired) electrons. The van der Waals surface area contributed by atoms with Crippen molar-refractivity contribution in [1.29, 1.82) is 0 Å². The van der Waals surface area contributed by atoms with Crippen LogP contribution in [0.5, 0.6) is 0 Å². The third kappa shape index (κ3) is 3.49. The summed E-state index contributed by atoms with van der Waals surface area (Å²) in [5.41, 5.74) is 6.62. The summed E-state index contributed by atoms with van der Waals surface area (Å²) in [6, 6.07) is 18.3. The van der Waals surface area contributed by atoms with Crippen LogP contribution in [0.15, 0.2) is 67.0 Å². The van der Waals surface area contributed by atoms with Crippen LogP contribution in [-0.2, 0) is 13.1 Å². The standard InChI is InChI=1S/C23H23N3O/c1-16(18-4-3-5-19(12-18)17-8-10-24-11-9-17)26(2)23(27)20-6-7-21-14-25-15-22(21)13-20/h3-13,16,25H,14-15H2,1-2H3. The van der Waals surface area contributed by atoms with Crippen molar-refractivity contribution in [2.24, 2.45) is 0 Å². The Hall–Kier alpha value is -2.98. The molecule has 0 fully saturated rings. The number of nitrogens with zero attached hydrogens (tertiary/aromatic N) is 2. The Morgan fingerprint density at radius 2 is 1.78 bits per heavy atom. The predicted octanol–water partition coefficient (Wildman–Crippen LogP) is 4.19. The summed E-state index contributed by atoms with van der Waals surface area (Å²) in [6.45, 7) is 3.79. The molecule has 136 valence electrons. The lowest BCUT2D eigenvalue weighted by Gasteiger charge is -2.26. The average Bonchev–Trinajstić information content (AvgIpc) is 3.20. The Balaban J connectivity index is 1.57. The summed E-state index contributed by atoms with van der Waals surface area (Å²) in [7, 11) is 1.87. The molecule has 3 aromatic rings. The molecule has 4 rings (SSSR count). The lowest BCUT2D eigenvalue weighted by Crippen LogP contribution is -2.29. The first-order valence-electron chi connectivity index (χ1n) is 9.23. The number of carbonyl (C=O) groups is 1. The van der Waals surface area contributed by atoms with Gasteiger partial charge < -0.3 is 10.2 Å². The van der Waals surface area contributed by atoms with Gasteiger partial charge in [-0.15, -0.1) is 0 Å². The smallest absolute Gasteiger partial charge is 0.254 e. The molecule has 2 aromatic carbocycles. The molecular formula is C23H23N3O. The van der Waals surface area contributed by atoms with Gasteiger partial charge in [0.15, 0.2) is 0 Å². The lowest BCUT2D eigenvalue weighted by molar-refractivity contribution is 0.0742. The first-order valence-corrected chi connectivity index (χ1v) is 9.23. The zero-order valence-corrected chi connectivity index (χ0v) is 15.6. The maximum absolute atomic E-state index is 13.0. The van der Waals surface area contributed by atoms with E-state index in [0.29, 0.717) is 0 Å². The van der Waals surface area contributed by atoms with Gasteiger partial charge in [-0.05, 0) is 65.1 Å². The van der Waals surface area contributed by atoms with Crippen molar-refractivity contribution in [3.63, 3.8) is 0 Å². The Labute approximate surface area is 159 Å². The van der Waals surface area contributed by atoms with Gasteiger partial charge in [-0.1, -0.05) is 24.3 Å². The Morgan fingerprint density at radius 3 is 2.59 bits per heavy atom. The van der Waals surface area contributed by atoms with Crippen LogP contribution < -0.4 is 5.32 Å². The first-order chi connectivity index (χ1) is 13.1. The van der Waals surface area contributed by atoms with Crippen LogP contribution in [0.25, 0.3) is 11.1 Å². The fourth-order valence-corrected chi connectivity index (χ4v) is 3.55. The molecule has 0 saturated heterocycles. The SMILES string of the molecule is CC(c1cccc(-c2ccncc2)c1)N(C)C(=O)c1ccc2c(c1)CNC2. The van der Waals surface area contributed by atoms with E-state index in [2.05, 4.69) is 41.5 Å². The fraction of sp³-hybridized carbons (Fsp3) is 0.217. The number of amides is 1. The molecule has 0 aliphatic carbocycles. The zero-order chi connectivity index (χ0) is 18.8. The summed E-state index contributed by atoms with van der Waals surface area (Å²) in [6.07, 6.45) is 3.59. The highest BCUT2D eigenvalue weighted by Crippen LogP contribution is 2.27. The van der Waals surface area contributed by atoms with E-state index >= 15 is 0 Å². The number of carbonyl (C=O) groups excluding carboxylic acids is 1. The minimum Gasteiger partial charge on any atom is -0.335 e. The van der Waals surface area contributed by atoms with Crippen molar-refractivity contribution in [3.8, 4) is 11.1 Å². The highest BCUT2D eigenvalue weighted by Gasteiger charge is 2.21. The van der Waals surface area contributed by atoms with Crippen molar-refractivity contribution in [3.05, 3.63) is 89.2 Å². The third-order valence-corrected chi connectivity index (χ3v) is 5.37. The van der Waals surface area contributed by atoms with E-state index < -0.39 is 0 Å². The second-order valence-electron chi connectivity index (χ2n) is 7.04. The maximum Gasteiger partial charge on any atom is 0.254 e. The number of rotatable bonds is 4. The minimum absolute atomic E-state index is 0.0225. The average molecular weight is 357 g/mol. The maximum atomic E-state index is 13.0. The molecular weight excluding hydrogens is 334 g/mol. The number of fused-ring (bicyclic) bond motifs is 1. The van der Waals surface area contributed by atoms with Crippen molar-refractivity contribution in [1.82, 2.24) is 15.2 Å². The van der Waals surface area contributed by atoms with E-state index in [1.807, 2.05) is 42.3 Å². The van der Waals surface area contributed by atoms with Gasteiger partial charge in [0.05, 0.1) is 6.04 Å². The number of hydrogen-bond acceptors (Lipinski definition) is 3. The molecule has 4 nitrogen and oxygen atoms in total. The van der Waals surface area contributed by atoms with Gasteiger partial charge in [0.25, 0.3) is 5.91 Å². The number of aromatic nitrogens is 1. The van der Waals surface area contributed by atoms with Crippen LogP contribution in [0.4, 0.5) is 0 Å². The largest absolute Gasteiger partial charge is 0.335 e. The second-order valence-corrected chi connectivity index (χ2v) is 7.04. The van der Waals surface area contributed by atoms with Crippen molar-refractivity contribution >= 4 is 5.91 Å². The zero-order valence-electron chi connectivity index (χ0n) is 15.6. The Bertz CT molecular complexity index is 968. The first kappa shape index (κ1) is 17.4. The van der Waals surface area contributed by atoms with E-state index in [1.165, 1.54) is 11.1 Å². The summed E-state index contributed by atoms with van der Waals surface area (Å²) in [4.78, 5) is 18.9. The monoisotopic (exact) mass is 357 g/mol. The lowest BCUT2D eigenvalue weighted by atomic mass is 9.99. The van der Waals surface area contributed by atoms with Crippen LogP contribution in [0.3, 0.4) is 0 Å². The van der Waals surface area contributed by atoms with Crippen LogP contribution in [0, 0.1) is 0 Å². The topological polar surface area (TPSA) is 45.2 Å². The molecule has 1 atom stereocenters.